The summed E-state index contributed by atoms with van der Waals surface area (Å²) in [6.07, 6.45) is 3.75. The minimum absolute atomic E-state index is 0.00867. The molecule has 34 heavy (non-hydrogen) atoms. The van der Waals surface area contributed by atoms with Gasteiger partial charge in [0.25, 0.3) is 5.91 Å². The van der Waals surface area contributed by atoms with Gasteiger partial charge in [-0.3, -0.25) is 19.3 Å². The Morgan fingerprint density at radius 3 is 2.68 bits per heavy atom. The minimum atomic E-state index is -0.261. The Morgan fingerprint density at radius 1 is 1.21 bits per heavy atom. The average Bonchev–Trinajstić information content (AvgIpc) is 3.46. The van der Waals surface area contributed by atoms with E-state index in [0.29, 0.717) is 44.5 Å². The highest BCUT2D eigenvalue weighted by Gasteiger charge is 2.44. The van der Waals surface area contributed by atoms with Gasteiger partial charge in [-0.05, 0) is 49.9 Å². The summed E-state index contributed by atoms with van der Waals surface area (Å²) < 4.78 is 5.27. The molecule has 3 aliphatic rings. The highest BCUT2D eigenvalue weighted by atomic mass is 16.5. The molecule has 3 fully saturated rings. The van der Waals surface area contributed by atoms with Gasteiger partial charge in [0, 0.05) is 70.6 Å². The van der Waals surface area contributed by atoms with Crippen LogP contribution in [0.25, 0.3) is 0 Å². The molecule has 0 bridgehead atoms. The highest BCUT2D eigenvalue weighted by Crippen LogP contribution is 2.27. The zero-order chi connectivity index (χ0) is 24.2. The number of amides is 3. The molecule has 3 amide bonds. The smallest absolute Gasteiger partial charge is 0.251 e. The summed E-state index contributed by atoms with van der Waals surface area (Å²) in [5.74, 6) is 0.0492. The summed E-state index contributed by atoms with van der Waals surface area (Å²) in [6, 6.07) is 7.40. The number of nitrogens with zero attached hydrogens (tertiary/aromatic N) is 3. The number of anilines is 1. The lowest BCUT2D eigenvalue weighted by Gasteiger charge is -2.37. The Kier molecular flexibility index (Phi) is 7.73. The molecule has 0 spiro atoms. The number of ether oxygens (including phenoxy) is 1. The molecule has 3 heterocycles. The molecule has 0 unspecified atom stereocenters. The summed E-state index contributed by atoms with van der Waals surface area (Å²) in [5, 5.41) is 6.11. The van der Waals surface area contributed by atoms with Crippen molar-refractivity contribution in [3.8, 4) is 0 Å². The van der Waals surface area contributed by atoms with Gasteiger partial charge in [-0.1, -0.05) is 0 Å². The van der Waals surface area contributed by atoms with Crippen LogP contribution >= 0.6 is 0 Å². The number of nitrogens with one attached hydrogen (secondary N) is 2. The van der Waals surface area contributed by atoms with Gasteiger partial charge in [-0.2, -0.15) is 0 Å². The maximum absolute atomic E-state index is 12.9. The third-order valence-corrected chi connectivity index (χ3v) is 7.35. The first-order valence-electron chi connectivity index (χ1n) is 12.3. The Balaban J connectivity index is 1.33. The van der Waals surface area contributed by atoms with E-state index < -0.39 is 0 Å². The minimum Gasteiger partial charge on any atom is -0.383 e. The molecule has 4 atom stereocenters. The summed E-state index contributed by atoms with van der Waals surface area (Å²) in [5.41, 5.74) is 1.64. The van der Waals surface area contributed by atoms with Crippen LogP contribution in [-0.4, -0.2) is 99.1 Å². The molecular formula is C25H37N5O4. The van der Waals surface area contributed by atoms with Crippen molar-refractivity contribution in [3.05, 3.63) is 29.8 Å². The average molecular weight is 472 g/mol. The van der Waals surface area contributed by atoms with Gasteiger partial charge in [-0.25, -0.2) is 0 Å². The Hall–Kier alpha value is -2.65. The molecule has 0 saturated carbocycles. The molecule has 4 rings (SSSR count). The zero-order valence-corrected chi connectivity index (χ0v) is 20.5. The summed E-state index contributed by atoms with van der Waals surface area (Å²) in [4.78, 5) is 44.3. The first kappa shape index (κ1) is 24.5. The van der Waals surface area contributed by atoms with Crippen molar-refractivity contribution in [1.82, 2.24) is 20.4 Å². The molecule has 3 saturated heterocycles. The van der Waals surface area contributed by atoms with Crippen LogP contribution in [0.3, 0.4) is 0 Å². The van der Waals surface area contributed by atoms with Crippen LogP contribution in [0.1, 0.15) is 42.5 Å². The van der Waals surface area contributed by atoms with Crippen LogP contribution in [0, 0.1) is 0 Å². The molecular weight excluding hydrogens is 434 g/mol. The largest absolute Gasteiger partial charge is 0.383 e. The van der Waals surface area contributed by atoms with E-state index in [1.807, 2.05) is 48.2 Å². The molecule has 0 radical (unpaired) electrons. The summed E-state index contributed by atoms with van der Waals surface area (Å²) >= 11 is 0. The Bertz CT molecular complexity index is 890. The van der Waals surface area contributed by atoms with Crippen molar-refractivity contribution in [3.63, 3.8) is 0 Å². The molecule has 0 aromatic heterocycles. The van der Waals surface area contributed by atoms with Crippen molar-refractivity contribution < 1.29 is 19.1 Å². The third-order valence-electron chi connectivity index (χ3n) is 7.35. The number of likely N-dealkylation sites (tertiary alicyclic amines) is 1. The monoisotopic (exact) mass is 471 g/mol. The van der Waals surface area contributed by atoms with Crippen LogP contribution in [0.4, 0.5) is 5.69 Å². The van der Waals surface area contributed by atoms with Gasteiger partial charge in [-0.15, -0.1) is 0 Å². The predicted octanol–water partition coefficient (Wildman–Crippen LogP) is 0.841. The molecule has 9 nitrogen and oxygen atoms in total. The first-order valence-corrected chi connectivity index (χ1v) is 12.3. The van der Waals surface area contributed by atoms with E-state index in [4.69, 9.17) is 4.74 Å². The number of fused-ring (bicyclic) bond motifs is 1. The molecule has 2 N–H and O–H groups in total. The maximum Gasteiger partial charge on any atom is 0.251 e. The second-order valence-electron chi connectivity index (χ2n) is 9.84. The Labute approximate surface area is 201 Å². The fraction of sp³-hybridized carbons (Fsp3) is 0.640. The van der Waals surface area contributed by atoms with E-state index in [2.05, 4.69) is 15.5 Å². The van der Waals surface area contributed by atoms with Crippen LogP contribution in [0.5, 0.6) is 0 Å². The molecule has 9 heteroatoms. The number of hydrogen-bond donors (Lipinski definition) is 2. The van der Waals surface area contributed by atoms with Gasteiger partial charge < -0.3 is 25.2 Å². The maximum atomic E-state index is 12.9. The molecule has 1 aromatic carbocycles. The lowest BCUT2D eigenvalue weighted by molar-refractivity contribution is -0.133. The SMILES string of the molecule is COC[C@H]1CCCN1C(=O)CC[C@@H]1CNC(=O)[C@@H]2C[C@@H](NC(=O)c3ccc(N(C)C)cc3)CN12. The number of rotatable bonds is 8. The van der Waals surface area contributed by atoms with Gasteiger partial charge in [0.2, 0.25) is 11.8 Å². The summed E-state index contributed by atoms with van der Waals surface area (Å²) in [6.45, 7) is 2.54. The van der Waals surface area contributed by atoms with E-state index in [1.165, 1.54) is 0 Å². The van der Waals surface area contributed by atoms with Crippen molar-refractivity contribution >= 4 is 23.4 Å². The second kappa shape index (κ2) is 10.7. The van der Waals surface area contributed by atoms with E-state index >= 15 is 0 Å². The quantitative estimate of drug-likeness (QED) is 0.584. The topological polar surface area (TPSA) is 94.2 Å². The van der Waals surface area contributed by atoms with Crippen molar-refractivity contribution in [2.24, 2.45) is 0 Å². The van der Waals surface area contributed by atoms with Crippen molar-refractivity contribution in [1.29, 1.82) is 0 Å². The predicted molar refractivity (Wildman–Crippen MR) is 130 cm³/mol. The number of benzene rings is 1. The molecule has 186 valence electrons. The number of methoxy groups -OCH3 is 1. The zero-order valence-electron chi connectivity index (χ0n) is 20.5. The lowest BCUT2D eigenvalue weighted by atomic mass is 10.0. The van der Waals surface area contributed by atoms with Gasteiger partial charge in [0.1, 0.15) is 0 Å². The van der Waals surface area contributed by atoms with E-state index in [-0.39, 0.29) is 41.9 Å². The van der Waals surface area contributed by atoms with Crippen LogP contribution in [0.2, 0.25) is 0 Å². The molecule has 0 aliphatic carbocycles. The lowest BCUT2D eigenvalue weighted by Crippen LogP contribution is -2.58. The third kappa shape index (κ3) is 5.36. The summed E-state index contributed by atoms with van der Waals surface area (Å²) in [7, 11) is 5.59. The number of carbonyl (C=O) groups excluding carboxylic acids is 3. The first-order chi connectivity index (χ1) is 16.4. The fourth-order valence-electron chi connectivity index (χ4n) is 5.49. The number of piperazine rings is 1. The van der Waals surface area contributed by atoms with Crippen molar-refractivity contribution in [2.45, 2.75) is 56.3 Å². The standard InChI is InChI=1S/C25H37N5O4/c1-28(2)19-8-6-17(7-9-19)24(32)27-18-13-22-25(33)26-14-20(30(22)15-18)10-11-23(31)29-12-4-5-21(29)16-34-3/h6-9,18,20-22H,4-5,10-16H2,1-3H3,(H,26,33)(H,27,32)/t18-,20-,21-,22+/m1/s1. The number of carbonyl (C=O) groups is 3. The molecule has 3 aliphatic heterocycles. The van der Waals surface area contributed by atoms with Crippen molar-refractivity contribution in [2.75, 3.05) is 52.3 Å². The van der Waals surface area contributed by atoms with Gasteiger partial charge >= 0.3 is 0 Å². The normalized spacial score (nSPS) is 26.8. The Morgan fingerprint density at radius 2 is 1.97 bits per heavy atom. The fourth-order valence-corrected chi connectivity index (χ4v) is 5.49. The van der Waals surface area contributed by atoms with E-state index in [9.17, 15) is 14.4 Å². The number of hydrogen-bond acceptors (Lipinski definition) is 6. The van der Waals surface area contributed by atoms with E-state index in [1.54, 1.807) is 7.11 Å². The van der Waals surface area contributed by atoms with Crippen LogP contribution in [0.15, 0.2) is 24.3 Å². The van der Waals surface area contributed by atoms with Gasteiger partial charge in [0.15, 0.2) is 0 Å². The van der Waals surface area contributed by atoms with Crippen LogP contribution < -0.4 is 15.5 Å². The highest BCUT2D eigenvalue weighted by molar-refractivity contribution is 5.95. The molecule has 1 aromatic rings. The van der Waals surface area contributed by atoms with Crippen LogP contribution in [-0.2, 0) is 14.3 Å². The second-order valence-corrected chi connectivity index (χ2v) is 9.84. The van der Waals surface area contributed by atoms with E-state index in [0.717, 1.165) is 25.1 Å². The van der Waals surface area contributed by atoms with Gasteiger partial charge in [0.05, 0.1) is 18.7 Å².